The largest absolute Gasteiger partial charge is 0.466 e. The summed E-state index contributed by atoms with van der Waals surface area (Å²) in [6, 6.07) is 17.2. The van der Waals surface area contributed by atoms with E-state index in [2.05, 4.69) is 31.6 Å². The third kappa shape index (κ3) is 8.07. The standard InChI is InChI=1S/C24H30N2O4/c1-24(2,3)20-13-11-19(12-14-20)23(29)26-25-21(27)15-16-22(28)30-17-7-10-18-8-5-4-6-9-18/h4-6,8-9,11-14H,7,10,15-17H2,1-3H3,(H,25,27)(H,26,29). The lowest BCUT2D eigenvalue weighted by Crippen LogP contribution is -2.41. The van der Waals surface area contributed by atoms with E-state index in [0.29, 0.717) is 12.2 Å². The Hall–Kier alpha value is -3.15. The maximum absolute atomic E-state index is 12.1. The van der Waals surface area contributed by atoms with Gasteiger partial charge in [0.25, 0.3) is 5.91 Å². The molecule has 0 atom stereocenters. The highest BCUT2D eigenvalue weighted by molar-refractivity contribution is 5.95. The highest BCUT2D eigenvalue weighted by Crippen LogP contribution is 2.22. The number of hydrogen-bond donors (Lipinski definition) is 2. The summed E-state index contributed by atoms with van der Waals surface area (Å²) in [5.41, 5.74) is 7.44. The smallest absolute Gasteiger partial charge is 0.306 e. The molecule has 0 aliphatic heterocycles. The highest BCUT2D eigenvalue weighted by Gasteiger charge is 2.15. The molecule has 0 heterocycles. The third-order valence-electron chi connectivity index (χ3n) is 4.60. The SMILES string of the molecule is CC(C)(C)c1ccc(C(=O)NNC(=O)CCC(=O)OCCCc2ccccc2)cc1. The molecule has 0 saturated heterocycles. The molecular formula is C24H30N2O4. The molecular weight excluding hydrogens is 380 g/mol. The Morgan fingerprint density at radius 1 is 0.867 bits per heavy atom. The van der Waals surface area contributed by atoms with Gasteiger partial charge in [-0.15, -0.1) is 0 Å². The Morgan fingerprint density at radius 2 is 1.53 bits per heavy atom. The van der Waals surface area contributed by atoms with Gasteiger partial charge in [0.1, 0.15) is 0 Å². The van der Waals surface area contributed by atoms with E-state index in [4.69, 9.17) is 4.74 Å². The van der Waals surface area contributed by atoms with Crippen LogP contribution in [0.3, 0.4) is 0 Å². The van der Waals surface area contributed by atoms with Gasteiger partial charge in [-0.05, 0) is 41.5 Å². The average molecular weight is 411 g/mol. The normalized spacial score (nSPS) is 10.9. The van der Waals surface area contributed by atoms with E-state index in [0.717, 1.165) is 18.4 Å². The Bertz CT molecular complexity index is 840. The van der Waals surface area contributed by atoms with Crippen molar-refractivity contribution in [3.63, 3.8) is 0 Å². The van der Waals surface area contributed by atoms with Crippen LogP contribution in [0.1, 0.15) is 61.5 Å². The topological polar surface area (TPSA) is 84.5 Å². The number of aryl methyl sites for hydroxylation is 1. The molecule has 6 nitrogen and oxygen atoms in total. The van der Waals surface area contributed by atoms with Crippen molar-refractivity contribution in [2.24, 2.45) is 0 Å². The molecule has 0 spiro atoms. The number of hydrogen-bond acceptors (Lipinski definition) is 4. The number of rotatable bonds is 8. The molecule has 2 aromatic carbocycles. The van der Waals surface area contributed by atoms with E-state index >= 15 is 0 Å². The van der Waals surface area contributed by atoms with Crippen LogP contribution in [0.15, 0.2) is 54.6 Å². The van der Waals surface area contributed by atoms with Crippen LogP contribution in [-0.4, -0.2) is 24.4 Å². The molecule has 0 aliphatic rings. The predicted molar refractivity (Wildman–Crippen MR) is 116 cm³/mol. The van der Waals surface area contributed by atoms with Gasteiger partial charge in [0.15, 0.2) is 0 Å². The molecule has 30 heavy (non-hydrogen) atoms. The van der Waals surface area contributed by atoms with Gasteiger partial charge in [-0.3, -0.25) is 25.2 Å². The average Bonchev–Trinajstić information content (AvgIpc) is 2.73. The van der Waals surface area contributed by atoms with Crippen molar-refractivity contribution in [2.75, 3.05) is 6.61 Å². The summed E-state index contributed by atoms with van der Waals surface area (Å²) < 4.78 is 5.14. The summed E-state index contributed by atoms with van der Waals surface area (Å²) in [5.74, 6) is -1.29. The lowest BCUT2D eigenvalue weighted by molar-refractivity contribution is -0.145. The second-order valence-electron chi connectivity index (χ2n) is 8.14. The predicted octanol–water partition coefficient (Wildman–Crippen LogP) is 3.70. The Morgan fingerprint density at radius 3 is 2.17 bits per heavy atom. The Kier molecular flexibility index (Phi) is 8.59. The van der Waals surface area contributed by atoms with E-state index in [1.54, 1.807) is 12.1 Å². The lowest BCUT2D eigenvalue weighted by Gasteiger charge is -2.19. The monoisotopic (exact) mass is 410 g/mol. The molecule has 0 unspecified atom stereocenters. The number of hydrazine groups is 1. The first kappa shape index (κ1) is 23.1. The number of ether oxygens (including phenoxy) is 1. The van der Waals surface area contributed by atoms with Gasteiger partial charge in [-0.2, -0.15) is 0 Å². The van der Waals surface area contributed by atoms with E-state index in [1.165, 1.54) is 5.56 Å². The molecule has 2 aromatic rings. The molecule has 0 radical (unpaired) electrons. The van der Waals surface area contributed by atoms with E-state index < -0.39 is 17.8 Å². The van der Waals surface area contributed by atoms with Crippen LogP contribution in [0.2, 0.25) is 0 Å². The first-order valence-electron chi connectivity index (χ1n) is 10.1. The molecule has 2 rings (SSSR count). The number of esters is 1. The lowest BCUT2D eigenvalue weighted by atomic mass is 9.87. The van der Waals surface area contributed by atoms with E-state index in [1.807, 2.05) is 42.5 Å². The van der Waals surface area contributed by atoms with Gasteiger partial charge < -0.3 is 4.74 Å². The van der Waals surface area contributed by atoms with Crippen molar-refractivity contribution in [1.82, 2.24) is 10.9 Å². The minimum atomic E-state index is -0.448. The quantitative estimate of drug-likeness (QED) is 0.395. The molecule has 6 heteroatoms. The summed E-state index contributed by atoms with van der Waals surface area (Å²) in [5, 5.41) is 0. The van der Waals surface area contributed by atoms with Crippen molar-refractivity contribution in [3.8, 4) is 0 Å². The van der Waals surface area contributed by atoms with Crippen molar-refractivity contribution < 1.29 is 19.1 Å². The first-order valence-corrected chi connectivity index (χ1v) is 10.1. The molecule has 2 N–H and O–H groups in total. The van der Waals surface area contributed by atoms with E-state index in [-0.39, 0.29) is 18.3 Å². The zero-order valence-electron chi connectivity index (χ0n) is 17.9. The second kappa shape index (κ2) is 11.1. The molecule has 160 valence electrons. The zero-order chi connectivity index (χ0) is 22.0. The summed E-state index contributed by atoms with van der Waals surface area (Å²) in [7, 11) is 0. The number of benzene rings is 2. The van der Waals surface area contributed by atoms with Crippen molar-refractivity contribution >= 4 is 17.8 Å². The number of carbonyl (C=O) groups is 3. The van der Waals surface area contributed by atoms with Crippen LogP contribution in [0.5, 0.6) is 0 Å². The fourth-order valence-electron chi connectivity index (χ4n) is 2.78. The fraction of sp³-hybridized carbons (Fsp3) is 0.375. The van der Waals surface area contributed by atoms with Gasteiger partial charge in [0.2, 0.25) is 5.91 Å². The van der Waals surface area contributed by atoms with Gasteiger partial charge in [-0.1, -0.05) is 63.2 Å². The summed E-state index contributed by atoms with van der Waals surface area (Å²) in [4.78, 5) is 35.7. The molecule has 2 amide bonds. The number of amides is 2. The Balaban J connectivity index is 1.62. The number of carbonyl (C=O) groups excluding carboxylic acids is 3. The molecule has 0 aliphatic carbocycles. The van der Waals surface area contributed by atoms with Crippen LogP contribution < -0.4 is 10.9 Å². The summed E-state index contributed by atoms with van der Waals surface area (Å²) in [6.07, 6.45) is 1.47. The van der Waals surface area contributed by atoms with Crippen molar-refractivity contribution in [1.29, 1.82) is 0 Å². The fourth-order valence-corrected chi connectivity index (χ4v) is 2.78. The van der Waals surface area contributed by atoms with Crippen molar-refractivity contribution in [3.05, 3.63) is 71.3 Å². The van der Waals surface area contributed by atoms with Crippen LogP contribution in [0.25, 0.3) is 0 Å². The minimum Gasteiger partial charge on any atom is -0.466 e. The maximum atomic E-state index is 12.1. The molecule has 0 aromatic heterocycles. The van der Waals surface area contributed by atoms with Crippen LogP contribution in [0.4, 0.5) is 0 Å². The van der Waals surface area contributed by atoms with Gasteiger partial charge >= 0.3 is 5.97 Å². The molecule has 0 saturated carbocycles. The first-order chi connectivity index (χ1) is 14.3. The Labute approximate surface area is 178 Å². The number of nitrogens with one attached hydrogen (secondary N) is 2. The van der Waals surface area contributed by atoms with Gasteiger partial charge in [0.05, 0.1) is 13.0 Å². The summed E-state index contributed by atoms with van der Waals surface area (Å²) >= 11 is 0. The van der Waals surface area contributed by atoms with Gasteiger partial charge in [-0.25, -0.2) is 0 Å². The highest BCUT2D eigenvalue weighted by atomic mass is 16.5. The third-order valence-corrected chi connectivity index (χ3v) is 4.60. The summed E-state index contributed by atoms with van der Waals surface area (Å²) in [6.45, 7) is 6.60. The minimum absolute atomic E-state index is 0.000618. The molecule has 0 fully saturated rings. The zero-order valence-corrected chi connectivity index (χ0v) is 17.9. The van der Waals surface area contributed by atoms with Crippen LogP contribution in [-0.2, 0) is 26.2 Å². The van der Waals surface area contributed by atoms with Crippen LogP contribution in [0, 0.1) is 0 Å². The van der Waals surface area contributed by atoms with Gasteiger partial charge in [0, 0.05) is 12.0 Å². The second-order valence-corrected chi connectivity index (χ2v) is 8.14. The van der Waals surface area contributed by atoms with Crippen LogP contribution >= 0.6 is 0 Å². The van der Waals surface area contributed by atoms with E-state index in [9.17, 15) is 14.4 Å². The molecule has 0 bridgehead atoms. The van der Waals surface area contributed by atoms with Crippen molar-refractivity contribution in [2.45, 2.75) is 51.9 Å². The maximum Gasteiger partial charge on any atom is 0.306 e.